The number of hydrogen-bond donors (Lipinski definition) is 0. The third-order valence-corrected chi connectivity index (χ3v) is 5.81. The van der Waals surface area contributed by atoms with E-state index < -0.39 is 33.4 Å². The normalized spacial score (nSPS) is 12.1. The van der Waals surface area contributed by atoms with Gasteiger partial charge in [0.05, 0.1) is 71.8 Å². The van der Waals surface area contributed by atoms with Gasteiger partial charge >= 0.3 is 0 Å². The van der Waals surface area contributed by atoms with E-state index in [1.165, 1.54) is 21.3 Å². The summed E-state index contributed by atoms with van der Waals surface area (Å²) < 4.78 is 17.4. The Balaban J connectivity index is 2.33. The molecule has 12 nitrogen and oxygen atoms in total. The maximum atomic E-state index is 13.2. The molecule has 0 spiro atoms. The van der Waals surface area contributed by atoms with Crippen molar-refractivity contribution < 1.29 is 14.2 Å². The number of benzene rings is 1. The maximum absolute atomic E-state index is 13.2. The molecule has 3 aromatic heterocycles. The molecule has 0 unspecified atom stereocenters. The Morgan fingerprint density at radius 1 is 0.424 bits per heavy atom. The lowest BCUT2D eigenvalue weighted by molar-refractivity contribution is 0.185. The molecule has 0 N–H and O–H groups in total. The predicted octanol–water partition coefficient (Wildman–Crippen LogP) is -2.04. The van der Waals surface area contributed by atoms with E-state index in [1.54, 1.807) is 0 Å². The quantitative estimate of drug-likeness (QED) is 0.276. The van der Waals surface area contributed by atoms with Gasteiger partial charge in [0.2, 0.25) is 0 Å². The minimum Gasteiger partial charge on any atom is -0.383 e. The average molecular weight is 459 g/mol. The van der Waals surface area contributed by atoms with Crippen molar-refractivity contribution in [2.75, 3.05) is 41.2 Å². The third-order valence-electron chi connectivity index (χ3n) is 5.81. The highest BCUT2D eigenvalue weighted by Gasteiger charge is 2.30. The monoisotopic (exact) mass is 459 g/mol. The molecule has 33 heavy (non-hydrogen) atoms. The minimum atomic E-state index is -0.823. The lowest BCUT2D eigenvalue weighted by Crippen LogP contribution is -2.28. The number of aromatic nitrogens is 3. The lowest BCUT2D eigenvalue weighted by atomic mass is 10.0. The molecule has 174 valence electrons. The van der Waals surface area contributed by atoms with Gasteiger partial charge in [-0.3, -0.25) is 42.5 Å². The number of hydrogen-bond acceptors (Lipinski definition) is 9. The van der Waals surface area contributed by atoms with E-state index in [2.05, 4.69) is 0 Å². The van der Waals surface area contributed by atoms with Crippen molar-refractivity contribution >= 4 is 32.3 Å². The van der Waals surface area contributed by atoms with Crippen LogP contribution in [0.2, 0.25) is 0 Å². The van der Waals surface area contributed by atoms with Crippen LogP contribution in [0.15, 0.2) is 28.8 Å². The Labute approximate surface area is 183 Å². The molecule has 0 aliphatic rings. The van der Waals surface area contributed by atoms with Gasteiger partial charge in [0, 0.05) is 21.3 Å². The summed E-state index contributed by atoms with van der Waals surface area (Å²) >= 11 is 0. The summed E-state index contributed by atoms with van der Waals surface area (Å²) in [5.74, 6) is 0. The van der Waals surface area contributed by atoms with Gasteiger partial charge in [0.25, 0.3) is 33.4 Å². The molecule has 0 fully saturated rings. The maximum Gasteiger partial charge on any atom is 0.262 e. The summed E-state index contributed by atoms with van der Waals surface area (Å²) in [6.07, 6.45) is 0. The largest absolute Gasteiger partial charge is 0.383 e. The van der Waals surface area contributed by atoms with E-state index in [0.29, 0.717) is 0 Å². The molecule has 0 aliphatic carbocycles. The van der Waals surface area contributed by atoms with Crippen molar-refractivity contribution in [1.29, 1.82) is 0 Å². The first-order chi connectivity index (χ1) is 15.8. The molecule has 4 aromatic rings. The molecule has 3 heterocycles. The summed E-state index contributed by atoms with van der Waals surface area (Å²) in [5, 5.41) is -2.01. The van der Waals surface area contributed by atoms with E-state index in [0.717, 1.165) is 13.7 Å². The first kappa shape index (κ1) is 22.7. The van der Waals surface area contributed by atoms with Crippen LogP contribution in [0, 0.1) is 0 Å². The summed E-state index contributed by atoms with van der Waals surface area (Å²) in [5.41, 5.74) is -4.94. The molecule has 12 heteroatoms. The number of rotatable bonds is 9. The van der Waals surface area contributed by atoms with Gasteiger partial charge in [-0.15, -0.1) is 0 Å². The van der Waals surface area contributed by atoms with Gasteiger partial charge in [0.15, 0.2) is 0 Å². The molecule has 1 aromatic carbocycles. The first-order valence-electron chi connectivity index (χ1n) is 10.1. The van der Waals surface area contributed by atoms with E-state index in [-0.39, 0.29) is 71.8 Å². The molecule has 0 aliphatic heterocycles. The van der Waals surface area contributed by atoms with E-state index in [1.807, 2.05) is 0 Å². The lowest BCUT2D eigenvalue weighted by Gasteiger charge is -1.97. The molecule has 0 bridgehead atoms. The Hall–Kier alpha value is -3.48. The molecular formula is C21H21N3O9. The van der Waals surface area contributed by atoms with Crippen molar-refractivity contribution in [1.82, 2.24) is 13.7 Å². The topological polar surface area (TPSA) is 145 Å². The molecule has 0 amide bonds. The van der Waals surface area contributed by atoms with E-state index >= 15 is 0 Å². The van der Waals surface area contributed by atoms with Gasteiger partial charge in [-0.1, -0.05) is 0 Å². The molecule has 0 saturated carbocycles. The highest BCUT2D eigenvalue weighted by molar-refractivity contribution is 6.25. The second-order valence-corrected chi connectivity index (χ2v) is 7.51. The van der Waals surface area contributed by atoms with Crippen molar-refractivity contribution in [2.45, 2.75) is 19.6 Å². The fourth-order valence-corrected chi connectivity index (χ4v) is 4.28. The van der Waals surface area contributed by atoms with Gasteiger partial charge in [0.1, 0.15) is 0 Å². The minimum absolute atomic E-state index is 0.0233. The average Bonchev–Trinajstić information content (AvgIpc) is 3.29. The van der Waals surface area contributed by atoms with Crippen LogP contribution in [-0.2, 0) is 33.8 Å². The Bertz CT molecular complexity index is 1360. The van der Waals surface area contributed by atoms with Crippen molar-refractivity contribution in [3.63, 3.8) is 0 Å². The molecule has 4 rings (SSSR count). The van der Waals surface area contributed by atoms with Crippen molar-refractivity contribution in [3.8, 4) is 0 Å². The van der Waals surface area contributed by atoms with Gasteiger partial charge < -0.3 is 14.2 Å². The fraction of sp³-hybridized carbons (Fsp3) is 0.429. The zero-order valence-electron chi connectivity index (χ0n) is 18.3. The number of ether oxygens (including phenoxy) is 3. The standard InChI is InChI=1S/C21H21N3O9/c1-31-7-4-22-16(25)10-11(17(22)26)13-15(21(30)24(19(13)28)6-9-33-3)14-12(10)18(27)23(20(14)29)5-8-32-2/h4-9H2,1-3H3. The third kappa shape index (κ3) is 3.09. The van der Waals surface area contributed by atoms with Gasteiger partial charge in [-0.25, -0.2) is 0 Å². The molecule has 0 saturated heterocycles. The number of fused-ring (bicyclic) bond motifs is 6. The van der Waals surface area contributed by atoms with E-state index in [4.69, 9.17) is 14.2 Å². The van der Waals surface area contributed by atoms with Crippen LogP contribution >= 0.6 is 0 Å². The molecule has 0 radical (unpaired) electrons. The second-order valence-electron chi connectivity index (χ2n) is 7.51. The second kappa shape index (κ2) is 8.46. The highest BCUT2D eigenvalue weighted by atomic mass is 16.5. The molecule has 0 atom stereocenters. The fourth-order valence-electron chi connectivity index (χ4n) is 4.28. The van der Waals surface area contributed by atoms with Crippen LogP contribution < -0.4 is 33.4 Å². The summed E-state index contributed by atoms with van der Waals surface area (Å²) in [6.45, 7) is -0.313. The zero-order valence-corrected chi connectivity index (χ0v) is 18.3. The summed E-state index contributed by atoms with van der Waals surface area (Å²) in [6, 6.07) is 0. The first-order valence-corrected chi connectivity index (χ1v) is 10.1. The van der Waals surface area contributed by atoms with Crippen molar-refractivity contribution in [3.05, 3.63) is 62.1 Å². The Kier molecular flexibility index (Phi) is 5.82. The van der Waals surface area contributed by atoms with Crippen LogP contribution in [0.3, 0.4) is 0 Å². The SMILES string of the molecule is COCCn1c(=O)c2c3c(=O)n(CCOC)c(=O)c3c3c(=O)n(CCOC)c(=O)c3c2c1=O. The molecular weight excluding hydrogens is 438 g/mol. The predicted molar refractivity (Wildman–Crippen MR) is 120 cm³/mol. The number of nitrogens with zero attached hydrogens (tertiary/aromatic N) is 3. The smallest absolute Gasteiger partial charge is 0.262 e. The van der Waals surface area contributed by atoms with Crippen LogP contribution in [-0.4, -0.2) is 54.9 Å². The van der Waals surface area contributed by atoms with Gasteiger partial charge in [-0.05, 0) is 0 Å². The van der Waals surface area contributed by atoms with Crippen LogP contribution in [0.25, 0.3) is 32.3 Å². The zero-order chi connectivity index (χ0) is 24.0. The highest BCUT2D eigenvalue weighted by Crippen LogP contribution is 2.25. The van der Waals surface area contributed by atoms with Crippen LogP contribution in [0.1, 0.15) is 0 Å². The van der Waals surface area contributed by atoms with E-state index in [9.17, 15) is 28.8 Å². The van der Waals surface area contributed by atoms with Crippen LogP contribution in [0.5, 0.6) is 0 Å². The van der Waals surface area contributed by atoms with Gasteiger partial charge in [-0.2, -0.15) is 0 Å². The number of methoxy groups -OCH3 is 3. The summed E-state index contributed by atoms with van der Waals surface area (Å²) in [4.78, 5) is 79.2. The van der Waals surface area contributed by atoms with Crippen LogP contribution in [0.4, 0.5) is 0 Å². The van der Waals surface area contributed by atoms with Crippen molar-refractivity contribution in [2.24, 2.45) is 0 Å². The Morgan fingerprint density at radius 2 is 0.606 bits per heavy atom. The Morgan fingerprint density at radius 3 is 0.758 bits per heavy atom. The summed E-state index contributed by atoms with van der Waals surface area (Å²) in [7, 11) is 4.16.